The number of aliphatic hydroxyl groups is 1. The first-order valence-corrected chi connectivity index (χ1v) is 6.87. The minimum atomic E-state index is -0.0740. The minimum Gasteiger partial charge on any atom is -0.392 e. The molecule has 16 heavy (non-hydrogen) atoms. The molecule has 2 aliphatic rings. The van der Waals surface area contributed by atoms with Crippen molar-refractivity contribution >= 4 is 0 Å². The fourth-order valence-electron chi connectivity index (χ4n) is 2.80. The van der Waals surface area contributed by atoms with E-state index in [1.165, 1.54) is 39.0 Å². The number of hydrogen-bond acceptors (Lipinski definition) is 3. The zero-order valence-electron chi connectivity index (χ0n) is 10.6. The monoisotopic (exact) mass is 226 g/mol. The first-order chi connectivity index (χ1) is 7.74. The van der Waals surface area contributed by atoms with Crippen molar-refractivity contribution in [3.63, 3.8) is 0 Å². The highest BCUT2D eigenvalue weighted by Crippen LogP contribution is 2.16. The third-order valence-corrected chi connectivity index (χ3v) is 4.09. The van der Waals surface area contributed by atoms with Crippen LogP contribution in [-0.4, -0.2) is 60.3 Å². The van der Waals surface area contributed by atoms with Crippen LogP contribution >= 0.6 is 0 Å². The van der Waals surface area contributed by atoms with Gasteiger partial charge in [0.25, 0.3) is 0 Å². The van der Waals surface area contributed by atoms with E-state index in [2.05, 4.69) is 16.7 Å². The summed E-state index contributed by atoms with van der Waals surface area (Å²) in [6, 6.07) is 0. The molecule has 2 rings (SSSR count). The summed E-state index contributed by atoms with van der Waals surface area (Å²) in [5, 5.41) is 9.60. The van der Waals surface area contributed by atoms with E-state index in [1.54, 1.807) is 0 Å². The van der Waals surface area contributed by atoms with E-state index in [9.17, 15) is 5.11 Å². The van der Waals surface area contributed by atoms with Gasteiger partial charge < -0.3 is 10.0 Å². The topological polar surface area (TPSA) is 26.7 Å². The number of piperidine rings is 2. The van der Waals surface area contributed by atoms with E-state index >= 15 is 0 Å². The second-order valence-corrected chi connectivity index (χ2v) is 5.62. The molecule has 0 saturated carbocycles. The van der Waals surface area contributed by atoms with Crippen LogP contribution < -0.4 is 0 Å². The Balaban J connectivity index is 1.63. The molecule has 1 N–H and O–H groups in total. The summed E-state index contributed by atoms with van der Waals surface area (Å²) >= 11 is 0. The first kappa shape index (κ1) is 12.3. The quantitative estimate of drug-likeness (QED) is 0.783. The fraction of sp³-hybridized carbons (Fsp3) is 1.00. The summed E-state index contributed by atoms with van der Waals surface area (Å²) < 4.78 is 0. The van der Waals surface area contributed by atoms with Crippen LogP contribution in [-0.2, 0) is 0 Å². The molecule has 2 fully saturated rings. The van der Waals surface area contributed by atoms with Crippen molar-refractivity contribution in [1.29, 1.82) is 0 Å². The second kappa shape index (κ2) is 5.99. The van der Waals surface area contributed by atoms with Crippen molar-refractivity contribution < 1.29 is 5.11 Å². The highest BCUT2D eigenvalue weighted by atomic mass is 16.3. The van der Waals surface area contributed by atoms with Crippen molar-refractivity contribution in [3.8, 4) is 0 Å². The van der Waals surface area contributed by atoms with Gasteiger partial charge >= 0.3 is 0 Å². The molecular weight excluding hydrogens is 200 g/mol. The Morgan fingerprint density at radius 1 is 1.00 bits per heavy atom. The molecule has 3 heteroatoms. The van der Waals surface area contributed by atoms with Crippen LogP contribution in [0, 0.1) is 5.92 Å². The van der Waals surface area contributed by atoms with Gasteiger partial charge in [-0.3, -0.25) is 4.90 Å². The Morgan fingerprint density at radius 2 is 1.69 bits per heavy atom. The normalized spacial score (nSPS) is 30.8. The van der Waals surface area contributed by atoms with Crippen LogP contribution in [0.5, 0.6) is 0 Å². The highest BCUT2D eigenvalue weighted by Gasteiger charge is 2.19. The lowest BCUT2D eigenvalue weighted by molar-refractivity contribution is 0.0615. The van der Waals surface area contributed by atoms with E-state index in [1.807, 2.05) is 0 Å². The van der Waals surface area contributed by atoms with Crippen molar-refractivity contribution in [2.24, 2.45) is 5.92 Å². The van der Waals surface area contributed by atoms with Crippen LogP contribution in [0.25, 0.3) is 0 Å². The van der Waals surface area contributed by atoms with Crippen LogP contribution in [0.4, 0.5) is 0 Å². The average Bonchev–Trinajstić information content (AvgIpc) is 2.28. The summed E-state index contributed by atoms with van der Waals surface area (Å²) in [6.07, 6.45) is 4.82. The number of aliphatic hydroxyl groups excluding tert-OH is 1. The number of nitrogens with zero attached hydrogens (tertiary/aromatic N) is 2. The summed E-state index contributed by atoms with van der Waals surface area (Å²) in [4.78, 5) is 5.01. The number of hydrogen-bond donors (Lipinski definition) is 1. The molecule has 0 amide bonds. The molecule has 0 aromatic carbocycles. The summed E-state index contributed by atoms with van der Waals surface area (Å²) in [5.41, 5.74) is 0. The first-order valence-electron chi connectivity index (χ1n) is 6.87. The van der Waals surface area contributed by atoms with Crippen molar-refractivity contribution in [2.75, 3.05) is 39.3 Å². The van der Waals surface area contributed by atoms with Crippen LogP contribution in [0.2, 0.25) is 0 Å². The van der Waals surface area contributed by atoms with E-state index in [0.717, 1.165) is 31.8 Å². The summed E-state index contributed by atoms with van der Waals surface area (Å²) in [7, 11) is 0. The van der Waals surface area contributed by atoms with Gasteiger partial charge in [0.15, 0.2) is 0 Å². The summed E-state index contributed by atoms with van der Waals surface area (Å²) in [5.74, 6) is 0.924. The number of rotatable bonds is 3. The van der Waals surface area contributed by atoms with Gasteiger partial charge in [0.2, 0.25) is 0 Å². The van der Waals surface area contributed by atoms with Gasteiger partial charge in [-0.05, 0) is 51.2 Å². The van der Waals surface area contributed by atoms with Crippen LogP contribution in [0.3, 0.4) is 0 Å². The largest absolute Gasteiger partial charge is 0.392 e. The lowest BCUT2D eigenvalue weighted by Crippen LogP contribution is -2.44. The summed E-state index contributed by atoms with van der Waals surface area (Å²) in [6.45, 7) is 9.32. The van der Waals surface area contributed by atoms with Crippen molar-refractivity contribution in [2.45, 2.75) is 38.7 Å². The Morgan fingerprint density at radius 3 is 2.38 bits per heavy atom. The lowest BCUT2D eigenvalue weighted by atomic mass is 9.99. The van der Waals surface area contributed by atoms with Crippen LogP contribution in [0.15, 0.2) is 0 Å². The smallest absolute Gasteiger partial charge is 0.0667 e. The molecule has 0 bridgehead atoms. The molecule has 1 unspecified atom stereocenters. The van der Waals surface area contributed by atoms with E-state index < -0.39 is 0 Å². The van der Waals surface area contributed by atoms with Gasteiger partial charge in [-0.25, -0.2) is 0 Å². The zero-order chi connectivity index (χ0) is 11.4. The Hall–Kier alpha value is -0.120. The molecule has 0 aromatic heterocycles. The molecule has 0 aromatic rings. The van der Waals surface area contributed by atoms with Gasteiger partial charge in [-0.2, -0.15) is 0 Å². The Bertz CT molecular complexity index is 202. The maximum absolute atomic E-state index is 9.60. The number of likely N-dealkylation sites (tertiary alicyclic amines) is 2. The Labute approximate surface area is 99.4 Å². The fourth-order valence-corrected chi connectivity index (χ4v) is 2.80. The third-order valence-electron chi connectivity index (χ3n) is 4.09. The van der Waals surface area contributed by atoms with E-state index in [-0.39, 0.29) is 6.10 Å². The average molecular weight is 226 g/mol. The zero-order valence-corrected chi connectivity index (χ0v) is 10.6. The van der Waals surface area contributed by atoms with Gasteiger partial charge in [-0.15, -0.1) is 0 Å². The maximum atomic E-state index is 9.60. The molecule has 2 aliphatic heterocycles. The van der Waals surface area contributed by atoms with Crippen LogP contribution in [0.1, 0.15) is 32.6 Å². The molecule has 2 saturated heterocycles. The van der Waals surface area contributed by atoms with E-state index in [4.69, 9.17) is 0 Å². The van der Waals surface area contributed by atoms with Gasteiger partial charge in [0, 0.05) is 19.6 Å². The lowest BCUT2D eigenvalue weighted by Gasteiger charge is -2.34. The molecule has 3 nitrogen and oxygen atoms in total. The molecular formula is C13H26N2O. The predicted octanol–water partition coefficient (Wildman–Crippen LogP) is 1.18. The predicted molar refractivity (Wildman–Crippen MR) is 66.5 cm³/mol. The molecule has 2 heterocycles. The third kappa shape index (κ3) is 3.72. The van der Waals surface area contributed by atoms with E-state index in [0.29, 0.717) is 0 Å². The minimum absolute atomic E-state index is 0.0740. The molecule has 0 aliphatic carbocycles. The van der Waals surface area contributed by atoms with Gasteiger partial charge in [0.1, 0.15) is 0 Å². The Kier molecular flexibility index (Phi) is 4.62. The SMILES string of the molecule is CC1CCN(CCN2CCCC(O)C2)CC1. The van der Waals surface area contributed by atoms with Gasteiger partial charge in [0.05, 0.1) is 6.10 Å². The van der Waals surface area contributed by atoms with Crippen molar-refractivity contribution in [3.05, 3.63) is 0 Å². The second-order valence-electron chi connectivity index (χ2n) is 5.62. The molecule has 94 valence electrons. The molecule has 1 atom stereocenters. The molecule has 0 radical (unpaired) electrons. The van der Waals surface area contributed by atoms with Crippen molar-refractivity contribution in [1.82, 2.24) is 9.80 Å². The standard InChI is InChI=1S/C13H26N2O/c1-12-4-7-14(8-5-12)9-10-15-6-2-3-13(16)11-15/h12-13,16H,2-11H2,1H3. The highest BCUT2D eigenvalue weighted by molar-refractivity contribution is 4.75. The van der Waals surface area contributed by atoms with Gasteiger partial charge in [-0.1, -0.05) is 6.92 Å². The number of β-amino-alcohol motifs (C(OH)–C–C–N with tert-alkyl or cyclic N) is 1. The maximum Gasteiger partial charge on any atom is 0.0667 e. The molecule has 0 spiro atoms.